The summed E-state index contributed by atoms with van der Waals surface area (Å²) in [6, 6.07) is 0. The number of nitrogens with zero attached hydrogens (tertiary/aromatic N) is 2. The van der Waals surface area contributed by atoms with Gasteiger partial charge in [0.15, 0.2) is 5.13 Å². The quantitative estimate of drug-likeness (QED) is 0.896. The number of anilines is 1. The van der Waals surface area contributed by atoms with Gasteiger partial charge in [0, 0.05) is 31.6 Å². The number of morpholine rings is 1. The van der Waals surface area contributed by atoms with Gasteiger partial charge < -0.3 is 20.1 Å². The van der Waals surface area contributed by atoms with Gasteiger partial charge in [0.25, 0.3) is 0 Å². The Hall–Kier alpha value is -0.690. The van der Waals surface area contributed by atoms with Gasteiger partial charge in [-0.25, -0.2) is 4.98 Å². The number of methoxy groups -OCH3 is 1. The van der Waals surface area contributed by atoms with E-state index >= 15 is 0 Å². The Labute approximate surface area is 112 Å². The van der Waals surface area contributed by atoms with Gasteiger partial charge in [-0.05, 0) is 13.8 Å². The molecule has 0 amide bonds. The number of nitrogens with two attached hydrogens (primary N) is 1. The lowest BCUT2D eigenvalue weighted by atomic mass is 10.1. The molecular formula is C12H21N3O2S. The molecule has 1 aromatic heterocycles. The second-order valence-electron chi connectivity index (χ2n) is 5.03. The summed E-state index contributed by atoms with van der Waals surface area (Å²) in [7, 11) is 1.68. The summed E-state index contributed by atoms with van der Waals surface area (Å²) in [6.45, 7) is 7.73. The second-order valence-corrected chi connectivity index (χ2v) is 6.10. The van der Waals surface area contributed by atoms with E-state index in [1.165, 1.54) is 0 Å². The van der Waals surface area contributed by atoms with E-state index in [1.807, 2.05) is 0 Å². The zero-order valence-electron chi connectivity index (χ0n) is 11.2. The van der Waals surface area contributed by atoms with Gasteiger partial charge in [-0.3, -0.25) is 0 Å². The highest BCUT2D eigenvalue weighted by molar-refractivity contribution is 7.15. The third-order valence-electron chi connectivity index (χ3n) is 2.93. The van der Waals surface area contributed by atoms with Gasteiger partial charge in [-0.15, -0.1) is 11.3 Å². The third kappa shape index (κ3) is 3.00. The fraction of sp³-hybridized carbons (Fsp3) is 0.750. The van der Waals surface area contributed by atoms with E-state index < -0.39 is 0 Å². The van der Waals surface area contributed by atoms with E-state index in [9.17, 15) is 0 Å². The molecule has 0 atom stereocenters. The molecule has 1 fully saturated rings. The fourth-order valence-corrected chi connectivity index (χ4v) is 3.06. The predicted molar refractivity (Wildman–Crippen MR) is 73.0 cm³/mol. The zero-order chi connectivity index (χ0) is 13.2. The Balaban J connectivity index is 2.17. The predicted octanol–water partition coefficient (Wildman–Crippen LogP) is 1.36. The minimum atomic E-state index is -0.117. The molecule has 1 saturated heterocycles. The van der Waals surface area contributed by atoms with Crippen molar-refractivity contribution >= 4 is 16.5 Å². The molecule has 0 radical (unpaired) electrons. The maximum absolute atomic E-state index is 5.75. The number of aromatic nitrogens is 1. The molecule has 18 heavy (non-hydrogen) atoms. The lowest BCUT2D eigenvalue weighted by molar-refractivity contribution is -0.0277. The maximum Gasteiger partial charge on any atom is 0.186 e. The maximum atomic E-state index is 5.75. The molecule has 2 N–H and O–H groups in total. The van der Waals surface area contributed by atoms with Crippen LogP contribution in [0.1, 0.15) is 24.4 Å². The summed E-state index contributed by atoms with van der Waals surface area (Å²) in [6.07, 6.45) is 0. The van der Waals surface area contributed by atoms with Crippen LogP contribution in [0.4, 0.5) is 5.13 Å². The van der Waals surface area contributed by atoms with E-state index in [0.29, 0.717) is 13.2 Å². The molecular weight excluding hydrogens is 250 g/mol. The summed E-state index contributed by atoms with van der Waals surface area (Å²) >= 11 is 1.66. The van der Waals surface area contributed by atoms with Crippen LogP contribution in [0.15, 0.2) is 0 Å². The molecule has 0 unspecified atom stereocenters. The van der Waals surface area contributed by atoms with E-state index in [2.05, 4.69) is 23.7 Å². The number of ether oxygens (including phenoxy) is 2. The first-order valence-corrected chi connectivity index (χ1v) is 6.94. The van der Waals surface area contributed by atoms with Gasteiger partial charge in [0.1, 0.15) is 0 Å². The van der Waals surface area contributed by atoms with Crippen molar-refractivity contribution in [2.45, 2.75) is 32.6 Å². The highest BCUT2D eigenvalue weighted by atomic mass is 32.1. The first kappa shape index (κ1) is 13.7. The van der Waals surface area contributed by atoms with Crippen LogP contribution in [0.2, 0.25) is 0 Å². The van der Waals surface area contributed by atoms with Gasteiger partial charge in [0.05, 0.1) is 24.5 Å². The largest absolute Gasteiger partial charge is 0.378 e. The van der Waals surface area contributed by atoms with Crippen molar-refractivity contribution in [2.24, 2.45) is 5.73 Å². The van der Waals surface area contributed by atoms with Crippen LogP contribution in [-0.2, 0) is 22.6 Å². The van der Waals surface area contributed by atoms with Crippen molar-refractivity contribution in [3.05, 3.63) is 10.6 Å². The average Bonchev–Trinajstić information content (AvgIpc) is 2.71. The number of rotatable bonds is 4. The molecule has 1 aromatic rings. The van der Waals surface area contributed by atoms with Gasteiger partial charge in [-0.2, -0.15) is 0 Å². The van der Waals surface area contributed by atoms with Gasteiger partial charge >= 0.3 is 0 Å². The second kappa shape index (κ2) is 5.52. The highest BCUT2D eigenvalue weighted by Gasteiger charge is 2.29. The Kier molecular flexibility index (Phi) is 4.21. The van der Waals surface area contributed by atoms with E-state index in [0.717, 1.165) is 35.4 Å². The Morgan fingerprint density at radius 1 is 1.56 bits per heavy atom. The smallest absolute Gasteiger partial charge is 0.186 e. The van der Waals surface area contributed by atoms with Crippen molar-refractivity contribution in [3.63, 3.8) is 0 Å². The van der Waals surface area contributed by atoms with Crippen LogP contribution in [0.25, 0.3) is 0 Å². The van der Waals surface area contributed by atoms with Crippen molar-refractivity contribution < 1.29 is 9.47 Å². The lowest BCUT2D eigenvalue weighted by Gasteiger charge is -2.38. The van der Waals surface area contributed by atoms with Crippen LogP contribution >= 0.6 is 11.3 Å². The topological polar surface area (TPSA) is 60.6 Å². The fourth-order valence-electron chi connectivity index (χ4n) is 2.09. The van der Waals surface area contributed by atoms with Crippen molar-refractivity contribution in [2.75, 3.05) is 31.7 Å². The molecule has 1 aliphatic heterocycles. The van der Waals surface area contributed by atoms with Crippen LogP contribution in [0.3, 0.4) is 0 Å². The van der Waals surface area contributed by atoms with Crippen LogP contribution in [0.5, 0.6) is 0 Å². The SMILES string of the molecule is COCc1nc(N2CCOC(C)(C)C2)sc1CN. The minimum Gasteiger partial charge on any atom is -0.378 e. The van der Waals surface area contributed by atoms with Gasteiger partial charge in [-0.1, -0.05) is 0 Å². The summed E-state index contributed by atoms with van der Waals surface area (Å²) in [5.74, 6) is 0. The molecule has 0 saturated carbocycles. The number of thiazole rings is 1. The minimum absolute atomic E-state index is 0.117. The molecule has 0 aliphatic carbocycles. The summed E-state index contributed by atoms with van der Waals surface area (Å²) in [4.78, 5) is 8.02. The van der Waals surface area contributed by atoms with Crippen molar-refractivity contribution in [3.8, 4) is 0 Å². The normalized spacial score (nSPS) is 19.2. The molecule has 0 aromatic carbocycles. The van der Waals surface area contributed by atoms with E-state index in [1.54, 1.807) is 18.4 Å². The zero-order valence-corrected chi connectivity index (χ0v) is 12.0. The van der Waals surface area contributed by atoms with E-state index in [-0.39, 0.29) is 5.60 Å². The molecule has 2 rings (SSSR count). The lowest BCUT2D eigenvalue weighted by Crippen LogP contribution is -2.48. The highest BCUT2D eigenvalue weighted by Crippen LogP contribution is 2.29. The average molecular weight is 271 g/mol. The van der Waals surface area contributed by atoms with E-state index in [4.69, 9.17) is 15.2 Å². The summed E-state index contributed by atoms with van der Waals surface area (Å²) < 4.78 is 10.9. The number of hydrogen-bond donors (Lipinski definition) is 1. The third-order valence-corrected chi connectivity index (χ3v) is 4.11. The van der Waals surface area contributed by atoms with Crippen molar-refractivity contribution in [1.29, 1.82) is 0 Å². The van der Waals surface area contributed by atoms with Crippen LogP contribution < -0.4 is 10.6 Å². The molecule has 6 heteroatoms. The Morgan fingerprint density at radius 3 is 2.94 bits per heavy atom. The Morgan fingerprint density at radius 2 is 2.33 bits per heavy atom. The molecule has 0 spiro atoms. The first-order valence-electron chi connectivity index (χ1n) is 6.12. The summed E-state index contributed by atoms with van der Waals surface area (Å²) in [5.41, 5.74) is 6.59. The molecule has 2 heterocycles. The molecule has 0 bridgehead atoms. The molecule has 5 nitrogen and oxygen atoms in total. The van der Waals surface area contributed by atoms with Crippen molar-refractivity contribution in [1.82, 2.24) is 4.98 Å². The van der Waals surface area contributed by atoms with Crippen LogP contribution in [-0.4, -0.2) is 37.4 Å². The number of hydrogen-bond acceptors (Lipinski definition) is 6. The standard InChI is InChI=1S/C12H21N3O2S/c1-12(2)8-15(4-5-17-12)11-14-9(7-16-3)10(6-13)18-11/h4-8,13H2,1-3H3. The van der Waals surface area contributed by atoms with Crippen LogP contribution in [0, 0.1) is 0 Å². The monoisotopic (exact) mass is 271 g/mol. The van der Waals surface area contributed by atoms with Gasteiger partial charge in [0.2, 0.25) is 0 Å². The first-order chi connectivity index (χ1) is 8.55. The Bertz CT molecular complexity index is 406. The summed E-state index contributed by atoms with van der Waals surface area (Å²) in [5, 5.41) is 1.03. The molecule has 1 aliphatic rings. The molecule has 102 valence electrons.